The second-order valence-corrected chi connectivity index (χ2v) is 5.55. The first-order chi connectivity index (χ1) is 9.19. The van der Waals surface area contributed by atoms with Gasteiger partial charge in [-0.05, 0) is 49.4 Å². The van der Waals surface area contributed by atoms with Gasteiger partial charge in [0.1, 0.15) is 5.82 Å². The Morgan fingerprint density at radius 1 is 1.16 bits per heavy atom. The fourth-order valence-corrected chi connectivity index (χ4v) is 2.71. The van der Waals surface area contributed by atoms with Crippen LogP contribution in [0, 0.1) is 5.82 Å². The fraction of sp³-hybridized carbons (Fsp3) is 0.250. The molecule has 100 valence electrons. The Morgan fingerprint density at radius 3 is 2.58 bits per heavy atom. The minimum Gasteiger partial charge on any atom is -0.313 e. The molecule has 3 heteroatoms. The molecular weight excluding hydrogens is 257 g/mol. The van der Waals surface area contributed by atoms with Crippen LogP contribution < -0.4 is 5.32 Å². The van der Waals surface area contributed by atoms with Gasteiger partial charge in [0.25, 0.3) is 0 Å². The van der Waals surface area contributed by atoms with E-state index in [4.69, 9.17) is 0 Å². The average molecular weight is 275 g/mol. The van der Waals surface area contributed by atoms with Gasteiger partial charge in [-0.2, -0.15) is 0 Å². The van der Waals surface area contributed by atoms with Crippen LogP contribution >= 0.6 is 11.8 Å². The summed E-state index contributed by atoms with van der Waals surface area (Å²) in [5, 5.41) is 3.24. The summed E-state index contributed by atoms with van der Waals surface area (Å²) in [4.78, 5) is 1.24. The third-order valence-corrected chi connectivity index (χ3v) is 4.17. The predicted octanol–water partition coefficient (Wildman–Crippen LogP) is 4.40. The van der Waals surface area contributed by atoms with Crippen LogP contribution in [0.15, 0.2) is 53.4 Å². The van der Waals surface area contributed by atoms with E-state index in [1.165, 1.54) is 22.6 Å². The lowest BCUT2D eigenvalue weighted by Gasteiger charge is -2.11. The third kappa shape index (κ3) is 4.08. The molecular formula is C16H18FNS. The van der Waals surface area contributed by atoms with Crippen LogP contribution in [0.1, 0.15) is 24.1 Å². The SMILES string of the molecule is CNC(C)c1cccc(SCc2ccc(F)cc2)c1. The highest BCUT2D eigenvalue weighted by Crippen LogP contribution is 2.25. The van der Waals surface area contributed by atoms with Gasteiger partial charge >= 0.3 is 0 Å². The Morgan fingerprint density at radius 2 is 1.89 bits per heavy atom. The molecule has 0 spiro atoms. The second-order valence-electron chi connectivity index (χ2n) is 4.50. The van der Waals surface area contributed by atoms with E-state index in [1.807, 2.05) is 19.2 Å². The van der Waals surface area contributed by atoms with Crippen LogP contribution in [-0.2, 0) is 5.75 Å². The van der Waals surface area contributed by atoms with Crippen molar-refractivity contribution >= 4 is 11.8 Å². The molecule has 1 unspecified atom stereocenters. The summed E-state index contributed by atoms with van der Waals surface area (Å²) in [5.41, 5.74) is 2.42. The summed E-state index contributed by atoms with van der Waals surface area (Å²) >= 11 is 1.77. The molecule has 2 aromatic rings. The number of benzene rings is 2. The van der Waals surface area contributed by atoms with Crippen molar-refractivity contribution in [3.05, 3.63) is 65.5 Å². The topological polar surface area (TPSA) is 12.0 Å². The van der Waals surface area contributed by atoms with E-state index in [1.54, 1.807) is 11.8 Å². The second kappa shape index (κ2) is 6.73. The summed E-state index contributed by atoms with van der Waals surface area (Å²) in [6, 6.07) is 15.6. The molecule has 2 rings (SSSR count). The van der Waals surface area contributed by atoms with Crippen LogP contribution in [0.4, 0.5) is 4.39 Å². The van der Waals surface area contributed by atoms with Gasteiger partial charge in [0, 0.05) is 16.7 Å². The third-order valence-electron chi connectivity index (χ3n) is 3.11. The summed E-state index contributed by atoms with van der Waals surface area (Å²) < 4.78 is 12.8. The molecule has 0 aliphatic heterocycles. The van der Waals surface area contributed by atoms with E-state index >= 15 is 0 Å². The Kier molecular flexibility index (Phi) is 5.00. The smallest absolute Gasteiger partial charge is 0.123 e. The van der Waals surface area contributed by atoms with Gasteiger partial charge in [-0.15, -0.1) is 11.8 Å². The molecule has 0 aromatic heterocycles. The van der Waals surface area contributed by atoms with Crippen molar-refractivity contribution in [3.8, 4) is 0 Å². The van der Waals surface area contributed by atoms with E-state index < -0.39 is 0 Å². The number of hydrogen-bond acceptors (Lipinski definition) is 2. The molecule has 1 nitrogen and oxygen atoms in total. The van der Waals surface area contributed by atoms with Crippen molar-refractivity contribution in [1.29, 1.82) is 0 Å². The van der Waals surface area contributed by atoms with Gasteiger partial charge in [-0.1, -0.05) is 24.3 Å². The highest BCUT2D eigenvalue weighted by molar-refractivity contribution is 7.98. The molecule has 1 N–H and O–H groups in total. The Bertz CT molecular complexity index is 525. The van der Waals surface area contributed by atoms with E-state index in [0.717, 1.165) is 11.3 Å². The van der Waals surface area contributed by atoms with Gasteiger partial charge in [-0.3, -0.25) is 0 Å². The average Bonchev–Trinajstić information content (AvgIpc) is 2.46. The molecule has 0 fully saturated rings. The summed E-state index contributed by atoms with van der Waals surface area (Å²) in [7, 11) is 1.96. The van der Waals surface area contributed by atoms with Gasteiger partial charge in [-0.25, -0.2) is 4.39 Å². The molecule has 0 aliphatic carbocycles. The number of thioether (sulfide) groups is 1. The Labute approximate surface area is 118 Å². The van der Waals surface area contributed by atoms with Crippen molar-refractivity contribution < 1.29 is 4.39 Å². The number of hydrogen-bond donors (Lipinski definition) is 1. The quantitative estimate of drug-likeness (QED) is 0.812. The molecule has 0 bridgehead atoms. The largest absolute Gasteiger partial charge is 0.313 e. The monoisotopic (exact) mass is 275 g/mol. The van der Waals surface area contributed by atoms with Gasteiger partial charge < -0.3 is 5.32 Å². The lowest BCUT2D eigenvalue weighted by atomic mass is 10.1. The maximum atomic E-state index is 12.8. The lowest BCUT2D eigenvalue weighted by Crippen LogP contribution is -2.11. The Hall–Kier alpha value is -1.32. The number of rotatable bonds is 5. The zero-order chi connectivity index (χ0) is 13.7. The van der Waals surface area contributed by atoms with E-state index in [-0.39, 0.29) is 5.82 Å². The van der Waals surface area contributed by atoms with Crippen molar-refractivity contribution in [2.75, 3.05) is 7.05 Å². The zero-order valence-electron chi connectivity index (χ0n) is 11.2. The standard InChI is InChI=1S/C16H18FNS/c1-12(18-2)14-4-3-5-16(10-14)19-11-13-6-8-15(17)9-7-13/h3-10,12,18H,11H2,1-2H3. The van der Waals surface area contributed by atoms with Crippen molar-refractivity contribution in [2.24, 2.45) is 0 Å². The first-order valence-corrected chi connectivity index (χ1v) is 7.32. The first-order valence-electron chi connectivity index (χ1n) is 6.33. The zero-order valence-corrected chi connectivity index (χ0v) is 12.0. The summed E-state index contributed by atoms with van der Waals surface area (Å²) in [6.07, 6.45) is 0. The van der Waals surface area contributed by atoms with Gasteiger partial charge in [0.15, 0.2) is 0 Å². The van der Waals surface area contributed by atoms with Crippen LogP contribution in [0.25, 0.3) is 0 Å². The van der Waals surface area contributed by atoms with Gasteiger partial charge in [0.2, 0.25) is 0 Å². The van der Waals surface area contributed by atoms with Crippen molar-refractivity contribution in [1.82, 2.24) is 5.32 Å². The lowest BCUT2D eigenvalue weighted by molar-refractivity contribution is 0.627. The molecule has 0 radical (unpaired) electrons. The minimum absolute atomic E-state index is 0.182. The normalized spacial score (nSPS) is 12.4. The van der Waals surface area contributed by atoms with Gasteiger partial charge in [0.05, 0.1) is 0 Å². The minimum atomic E-state index is -0.182. The van der Waals surface area contributed by atoms with Crippen molar-refractivity contribution in [2.45, 2.75) is 23.6 Å². The molecule has 0 aliphatic rings. The molecule has 2 aromatic carbocycles. The molecule has 19 heavy (non-hydrogen) atoms. The fourth-order valence-electron chi connectivity index (χ4n) is 1.79. The highest BCUT2D eigenvalue weighted by Gasteiger charge is 2.03. The molecule has 1 atom stereocenters. The van der Waals surface area contributed by atoms with Crippen molar-refractivity contribution in [3.63, 3.8) is 0 Å². The molecule has 0 heterocycles. The maximum absolute atomic E-state index is 12.8. The molecule has 0 amide bonds. The number of halogens is 1. The Balaban J connectivity index is 2.01. The predicted molar refractivity (Wildman–Crippen MR) is 79.9 cm³/mol. The number of nitrogens with one attached hydrogen (secondary N) is 1. The van der Waals surface area contributed by atoms with Crippen LogP contribution in [0.2, 0.25) is 0 Å². The summed E-state index contributed by atoms with van der Waals surface area (Å²) in [5.74, 6) is 0.677. The van der Waals surface area contributed by atoms with Crippen LogP contribution in [0.5, 0.6) is 0 Å². The summed E-state index contributed by atoms with van der Waals surface area (Å²) in [6.45, 7) is 2.14. The van der Waals surface area contributed by atoms with E-state index in [2.05, 4.69) is 36.5 Å². The molecule has 0 saturated carbocycles. The van der Waals surface area contributed by atoms with E-state index in [9.17, 15) is 4.39 Å². The first kappa shape index (κ1) is 14.1. The van der Waals surface area contributed by atoms with Crippen LogP contribution in [0.3, 0.4) is 0 Å². The van der Waals surface area contributed by atoms with E-state index in [0.29, 0.717) is 6.04 Å². The maximum Gasteiger partial charge on any atom is 0.123 e. The van der Waals surface area contributed by atoms with Crippen LogP contribution in [-0.4, -0.2) is 7.05 Å². The highest BCUT2D eigenvalue weighted by atomic mass is 32.2. The molecule has 0 saturated heterocycles.